The zero-order valence-electron chi connectivity index (χ0n) is 12.6. The number of nitrogens with two attached hydrogens (primary N) is 2. The summed E-state index contributed by atoms with van der Waals surface area (Å²) in [5, 5.41) is 21.8. The third-order valence-corrected chi connectivity index (χ3v) is 3.16. The van der Waals surface area contributed by atoms with Crippen molar-refractivity contribution in [3.63, 3.8) is 0 Å². The summed E-state index contributed by atoms with van der Waals surface area (Å²) in [7, 11) is 1.51. The van der Waals surface area contributed by atoms with Crippen molar-refractivity contribution in [1.29, 1.82) is 0 Å². The summed E-state index contributed by atoms with van der Waals surface area (Å²) in [6.45, 7) is 0.252. The van der Waals surface area contributed by atoms with Crippen LogP contribution in [0.1, 0.15) is 11.1 Å². The maximum atomic E-state index is 10.8. The quantitative estimate of drug-likeness (QED) is 0.345. The molecule has 0 unspecified atom stereocenters. The van der Waals surface area contributed by atoms with Crippen LogP contribution in [0.25, 0.3) is 0 Å². The van der Waals surface area contributed by atoms with Gasteiger partial charge >= 0.3 is 5.82 Å². The monoisotopic (exact) mass is 351 g/mol. The maximum Gasteiger partial charge on any atom is 0.408 e. The summed E-state index contributed by atoms with van der Waals surface area (Å²) in [6, 6.07) is 5.26. The lowest BCUT2D eigenvalue weighted by atomic mass is 10.1. The van der Waals surface area contributed by atoms with E-state index in [1.807, 2.05) is 0 Å². The van der Waals surface area contributed by atoms with E-state index in [0.717, 1.165) is 5.56 Å². The van der Waals surface area contributed by atoms with Gasteiger partial charge in [-0.1, -0.05) is 23.7 Å². The fourth-order valence-electron chi connectivity index (χ4n) is 1.90. The molecule has 126 valence electrons. The van der Waals surface area contributed by atoms with E-state index in [-0.39, 0.29) is 17.5 Å². The highest BCUT2D eigenvalue weighted by Gasteiger charge is 2.19. The summed E-state index contributed by atoms with van der Waals surface area (Å²) in [4.78, 5) is 10.1. The van der Waals surface area contributed by atoms with E-state index in [2.05, 4.69) is 15.3 Å². The molecule has 0 saturated carbocycles. The Bertz CT molecular complexity index is 812. The third-order valence-electron chi connectivity index (χ3n) is 2.90. The van der Waals surface area contributed by atoms with E-state index >= 15 is 0 Å². The summed E-state index contributed by atoms with van der Waals surface area (Å²) in [5.41, 5.74) is 11.8. The predicted octanol–water partition coefficient (Wildman–Crippen LogP) is 1.11. The Labute approximate surface area is 141 Å². The van der Waals surface area contributed by atoms with Crippen LogP contribution in [0.3, 0.4) is 0 Å². The Morgan fingerprint density at radius 1 is 1.54 bits per heavy atom. The minimum atomic E-state index is -0.640. The number of guanidine groups is 1. The smallest absolute Gasteiger partial charge is 0.408 e. The molecule has 24 heavy (non-hydrogen) atoms. The first kappa shape index (κ1) is 17.2. The molecule has 0 spiro atoms. The minimum Gasteiger partial charge on any atom is -0.496 e. The van der Waals surface area contributed by atoms with Gasteiger partial charge in [0, 0.05) is 5.56 Å². The molecule has 1 heterocycles. The van der Waals surface area contributed by atoms with E-state index in [1.54, 1.807) is 18.2 Å². The molecule has 0 amide bonds. The van der Waals surface area contributed by atoms with Crippen LogP contribution in [-0.4, -0.2) is 34.0 Å². The molecular formula is C13H14ClN7O3. The molecular weight excluding hydrogens is 338 g/mol. The normalized spacial score (nSPS) is 10.8. The van der Waals surface area contributed by atoms with Crippen molar-refractivity contribution in [2.75, 3.05) is 7.11 Å². The largest absolute Gasteiger partial charge is 0.496 e. The van der Waals surface area contributed by atoms with E-state index in [4.69, 9.17) is 27.8 Å². The highest BCUT2D eigenvalue weighted by molar-refractivity contribution is 6.32. The topological polar surface area (TPSA) is 147 Å². The second-order valence-electron chi connectivity index (χ2n) is 4.60. The number of methoxy groups -OCH3 is 1. The molecule has 11 heteroatoms. The number of benzene rings is 1. The standard InChI is InChI=1S/C13H14ClN7O3/c1-24-11-4-8(5-17-18-13(15)16)2-3-9(11)6-20-7-10(14)12(19-20)21(22)23/h2-5,7H,6H2,1H3,(H4,15,16,18). The number of hydrogen-bond donors (Lipinski definition) is 2. The molecule has 1 aromatic heterocycles. The van der Waals surface area contributed by atoms with Crippen LogP contribution in [0.4, 0.5) is 5.82 Å². The first-order valence-corrected chi connectivity index (χ1v) is 6.94. The molecule has 0 aliphatic heterocycles. The third kappa shape index (κ3) is 4.20. The molecule has 0 bridgehead atoms. The van der Waals surface area contributed by atoms with Crippen LogP contribution in [0.15, 0.2) is 34.6 Å². The van der Waals surface area contributed by atoms with Crippen molar-refractivity contribution in [1.82, 2.24) is 9.78 Å². The van der Waals surface area contributed by atoms with Crippen LogP contribution < -0.4 is 16.2 Å². The number of ether oxygens (including phenoxy) is 1. The second-order valence-corrected chi connectivity index (χ2v) is 5.00. The van der Waals surface area contributed by atoms with Gasteiger partial charge in [-0.3, -0.25) is 0 Å². The molecule has 0 saturated heterocycles. The highest BCUT2D eigenvalue weighted by Crippen LogP contribution is 2.24. The Hall–Kier alpha value is -3.14. The zero-order valence-corrected chi connectivity index (χ0v) is 13.3. The molecule has 2 rings (SSSR count). The van der Waals surface area contributed by atoms with Crippen LogP contribution in [0.5, 0.6) is 5.75 Å². The average molecular weight is 352 g/mol. The van der Waals surface area contributed by atoms with E-state index in [9.17, 15) is 10.1 Å². The highest BCUT2D eigenvalue weighted by atomic mass is 35.5. The lowest BCUT2D eigenvalue weighted by Gasteiger charge is -2.08. The van der Waals surface area contributed by atoms with Crippen LogP contribution in [0, 0.1) is 10.1 Å². The number of nitrogens with zero attached hydrogens (tertiary/aromatic N) is 5. The van der Waals surface area contributed by atoms with Gasteiger partial charge < -0.3 is 26.3 Å². The molecule has 0 atom stereocenters. The van der Waals surface area contributed by atoms with Crippen molar-refractivity contribution in [2.45, 2.75) is 6.54 Å². The van der Waals surface area contributed by atoms with Gasteiger partial charge in [0.25, 0.3) is 0 Å². The van der Waals surface area contributed by atoms with E-state index < -0.39 is 10.7 Å². The fraction of sp³-hybridized carbons (Fsp3) is 0.154. The summed E-state index contributed by atoms with van der Waals surface area (Å²) >= 11 is 5.78. The van der Waals surface area contributed by atoms with Crippen molar-refractivity contribution >= 4 is 29.6 Å². The van der Waals surface area contributed by atoms with E-state index in [0.29, 0.717) is 11.3 Å². The number of halogens is 1. The van der Waals surface area contributed by atoms with E-state index in [1.165, 1.54) is 24.2 Å². The summed E-state index contributed by atoms with van der Waals surface area (Å²) in [6.07, 6.45) is 2.84. The average Bonchev–Trinajstić information content (AvgIpc) is 2.89. The van der Waals surface area contributed by atoms with Gasteiger partial charge in [0.15, 0.2) is 5.02 Å². The van der Waals surface area contributed by atoms with Gasteiger partial charge in [0.1, 0.15) is 5.75 Å². The maximum absolute atomic E-state index is 10.8. The van der Waals surface area contributed by atoms with Gasteiger partial charge in [0.2, 0.25) is 5.96 Å². The summed E-state index contributed by atoms with van der Waals surface area (Å²) < 4.78 is 6.68. The molecule has 1 aromatic carbocycles. The fourth-order valence-corrected chi connectivity index (χ4v) is 2.12. The molecule has 0 aliphatic rings. The van der Waals surface area contributed by atoms with Gasteiger partial charge in [-0.25, -0.2) is 0 Å². The second kappa shape index (κ2) is 7.42. The number of aromatic nitrogens is 2. The lowest BCUT2D eigenvalue weighted by Crippen LogP contribution is -2.21. The molecule has 0 fully saturated rings. The SMILES string of the molecule is COc1cc(C=NN=C(N)N)ccc1Cn1cc(Cl)c([N+](=O)[O-])n1. The first-order valence-electron chi connectivity index (χ1n) is 6.57. The predicted molar refractivity (Wildman–Crippen MR) is 89.4 cm³/mol. The van der Waals surface area contributed by atoms with Crippen molar-refractivity contribution in [2.24, 2.45) is 21.7 Å². The number of hydrogen-bond acceptors (Lipinski definition) is 6. The Morgan fingerprint density at radius 2 is 2.29 bits per heavy atom. The minimum absolute atomic E-state index is 0.0278. The van der Waals surface area contributed by atoms with Gasteiger partial charge in [-0.15, -0.1) is 5.10 Å². The van der Waals surface area contributed by atoms with Crippen LogP contribution in [0.2, 0.25) is 5.02 Å². The van der Waals surface area contributed by atoms with Crippen molar-refractivity contribution < 1.29 is 9.66 Å². The summed E-state index contributed by atoms with van der Waals surface area (Å²) in [5.74, 6) is 0.0153. The molecule has 10 nitrogen and oxygen atoms in total. The van der Waals surface area contributed by atoms with Gasteiger partial charge in [-0.2, -0.15) is 9.78 Å². The Balaban J connectivity index is 2.24. The lowest BCUT2D eigenvalue weighted by molar-refractivity contribution is -0.389. The molecule has 4 N–H and O–H groups in total. The van der Waals surface area contributed by atoms with Crippen LogP contribution >= 0.6 is 11.6 Å². The molecule has 0 radical (unpaired) electrons. The Kier molecular flexibility index (Phi) is 5.32. The zero-order chi connectivity index (χ0) is 17.7. The molecule has 2 aromatic rings. The number of nitro groups is 1. The number of rotatable bonds is 6. The van der Waals surface area contributed by atoms with Crippen molar-refractivity contribution in [3.05, 3.63) is 50.7 Å². The molecule has 0 aliphatic carbocycles. The van der Waals surface area contributed by atoms with Crippen molar-refractivity contribution in [3.8, 4) is 5.75 Å². The van der Waals surface area contributed by atoms with Gasteiger partial charge in [-0.05, 0) is 16.6 Å². The van der Waals surface area contributed by atoms with Crippen LogP contribution in [-0.2, 0) is 6.54 Å². The van der Waals surface area contributed by atoms with Gasteiger partial charge in [0.05, 0.1) is 31.2 Å². The first-order chi connectivity index (χ1) is 11.4. The Morgan fingerprint density at radius 3 is 2.88 bits per heavy atom.